The van der Waals surface area contributed by atoms with Crippen molar-refractivity contribution < 1.29 is 32.3 Å². The van der Waals surface area contributed by atoms with E-state index in [1.54, 1.807) is 39.0 Å². The number of carbonyl (C=O) groups excluding carboxylic acids is 4. The van der Waals surface area contributed by atoms with E-state index in [-0.39, 0.29) is 36.5 Å². The highest BCUT2D eigenvalue weighted by molar-refractivity contribution is 7.94. The summed E-state index contributed by atoms with van der Waals surface area (Å²) in [5, 5.41) is 2.96. The van der Waals surface area contributed by atoms with Gasteiger partial charge in [0.15, 0.2) is 4.87 Å². The topological polar surface area (TPSA) is 168 Å². The average Bonchev–Trinajstić information content (AvgIpc) is 3.38. The number of halogens is 1. The third-order valence-electron chi connectivity index (χ3n) is 7.87. The highest BCUT2D eigenvalue weighted by atomic mass is 35.5. The number of ether oxygens (including phenoxy) is 1. The first-order chi connectivity index (χ1) is 20.2. The molecule has 2 fully saturated rings. The summed E-state index contributed by atoms with van der Waals surface area (Å²) in [7, 11) is -4.19. The van der Waals surface area contributed by atoms with Gasteiger partial charge in [-0.1, -0.05) is 48.7 Å². The first-order valence-corrected chi connectivity index (χ1v) is 16.4. The number of nitrogens with zero attached hydrogens (tertiary/aromatic N) is 2. The van der Waals surface area contributed by atoms with Crippen LogP contribution >= 0.6 is 11.6 Å². The van der Waals surface area contributed by atoms with Gasteiger partial charge in [0.25, 0.3) is 10.0 Å². The van der Waals surface area contributed by atoms with E-state index >= 15 is 0 Å². The smallest absolute Gasteiger partial charge is 0.419 e. The largest absolute Gasteiger partial charge is 0.443 e. The molecule has 0 aromatic heterocycles. The van der Waals surface area contributed by atoms with E-state index in [0.29, 0.717) is 30.6 Å². The standard InChI is InChI=1S/C29H40ClN5O7S/c1-28(2,3)42-27(39)35(26(31)38)23-15-8-6-4-5-7-12-19-18-29(19,32-24(36)22-16-11-17-34(22)25(23)37)43(40,41)33-21-14-10-9-13-20(21)30/h7,9-10,12-14,19,22-23,33H,4-6,8,11,15-18H2,1-3H3,(H2,31,38)(H,32,36)/b12-7-/t19-,22+,23+,29-/m1/s1. The third-order valence-corrected chi connectivity index (χ3v) is 10.2. The second-order valence-electron chi connectivity index (χ2n) is 12.2. The SMILES string of the molecule is CC(C)(C)OC(=O)N(C(N)=O)[C@H]1CCCCC/C=C\[C@@H]2C[C@]2(S(=O)(=O)Nc2ccccc2Cl)NC(=O)[C@@H]2CCCN2C1=O. The van der Waals surface area contributed by atoms with Gasteiger partial charge in [0.05, 0.1) is 10.7 Å². The van der Waals surface area contributed by atoms with Crippen LogP contribution in [-0.2, 0) is 24.3 Å². The van der Waals surface area contributed by atoms with Crippen LogP contribution in [0, 0.1) is 5.92 Å². The first kappa shape index (κ1) is 32.6. The van der Waals surface area contributed by atoms with Crippen LogP contribution in [0.25, 0.3) is 0 Å². The Morgan fingerprint density at radius 2 is 1.86 bits per heavy atom. The predicted molar refractivity (Wildman–Crippen MR) is 161 cm³/mol. The lowest BCUT2D eigenvalue weighted by Crippen LogP contribution is -2.59. The number of allylic oxidation sites excluding steroid dienone is 1. The van der Waals surface area contributed by atoms with Crippen molar-refractivity contribution in [3.63, 3.8) is 0 Å². The third kappa shape index (κ3) is 7.26. The average molecular weight is 638 g/mol. The molecule has 14 heteroatoms. The van der Waals surface area contributed by atoms with E-state index in [0.717, 1.165) is 6.42 Å². The molecule has 0 spiro atoms. The van der Waals surface area contributed by atoms with Crippen molar-refractivity contribution in [2.24, 2.45) is 11.7 Å². The Balaban J connectivity index is 1.66. The van der Waals surface area contributed by atoms with Gasteiger partial charge in [-0.2, -0.15) is 0 Å². The summed E-state index contributed by atoms with van der Waals surface area (Å²) < 4.78 is 35.5. The second kappa shape index (κ2) is 12.7. The van der Waals surface area contributed by atoms with Gasteiger partial charge in [0.1, 0.15) is 17.7 Å². The number of imide groups is 1. The quantitative estimate of drug-likeness (QED) is 0.417. The molecule has 0 unspecified atom stereocenters. The van der Waals surface area contributed by atoms with Crippen molar-refractivity contribution in [2.75, 3.05) is 11.3 Å². The Bertz CT molecular complexity index is 1400. The molecule has 12 nitrogen and oxygen atoms in total. The van der Waals surface area contributed by atoms with Crippen LogP contribution in [0.1, 0.15) is 72.1 Å². The van der Waals surface area contributed by atoms with E-state index < -0.39 is 62.4 Å². The van der Waals surface area contributed by atoms with Gasteiger partial charge in [-0.25, -0.2) is 22.9 Å². The van der Waals surface area contributed by atoms with Crippen molar-refractivity contribution in [1.82, 2.24) is 15.1 Å². The molecule has 4 N–H and O–H groups in total. The van der Waals surface area contributed by atoms with E-state index in [4.69, 9.17) is 22.1 Å². The number of carbonyl (C=O) groups is 4. The van der Waals surface area contributed by atoms with E-state index in [1.807, 2.05) is 12.2 Å². The lowest BCUT2D eigenvalue weighted by molar-refractivity contribution is -0.142. The van der Waals surface area contributed by atoms with Crippen molar-refractivity contribution in [1.29, 1.82) is 0 Å². The van der Waals surface area contributed by atoms with Crippen LogP contribution in [0.4, 0.5) is 15.3 Å². The molecule has 0 bridgehead atoms. The lowest BCUT2D eigenvalue weighted by Gasteiger charge is -2.34. The van der Waals surface area contributed by atoms with Gasteiger partial charge in [-0.05, 0) is 71.4 Å². The summed E-state index contributed by atoms with van der Waals surface area (Å²) in [6.45, 7) is 5.08. The molecule has 2 aliphatic heterocycles. The maximum atomic E-state index is 14.0. The van der Waals surface area contributed by atoms with Crippen molar-refractivity contribution in [3.05, 3.63) is 41.4 Å². The molecule has 0 radical (unpaired) electrons. The molecule has 236 valence electrons. The first-order valence-electron chi connectivity index (χ1n) is 14.5. The molecule has 4 atom stereocenters. The molecular formula is C29H40ClN5O7S. The molecule has 1 aromatic carbocycles. The molecule has 2 heterocycles. The van der Waals surface area contributed by atoms with Gasteiger partial charge in [0.2, 0.25) is 11.8 Å². The van der Waals surface area contributed by atoms with Crippen LogP contribution in [0.3, 0.4) is 0 Å². The van der Waals surface area contributed by atoms with Crippen LogP contribution in [-0.4, -0.2) is 71.3 Å². The maximum Gasteiger partial charge on any atom is 0.419 e. The molecule has 5 amide bonds. The van der Waals surface area contributed by atoms with Crippen molar-refractivity contribution >= 4 is 51.3 Å². The molecule has 43 heavy (non-hydrogen) atoms. The minimum atomic E-state index is -4.19. The number of fused-ring (bicyclic) bond motifs is 2. The molecule has 4 rings (SSSR count). The fourth-order valence-electron chi connectivity index (χ4n) is 5.66. The number of primary amides is 1. The minimum absolute atomic E-state index is 0.137. The zero-order valence-electron chi connectivity index (χ0n) is 24.7. The summed E-state index contributed by atoms with van der Waals surface area (Å²) in [4.78, 5) is 53.7. The molecule has 1 saturated carbocycles. The highest BCUT2D eigenvalue weighted by Crippen LogP contribution is 2.50. The summed E-state index contributed by atoms with van der Waals surface area (Å²) in [5.41, 5.74) is 4.84. The van der Waals surface area contributed by atoms with Gasteiger partial charge in [-0.15, -0.1) is 0 Å². The van der Waals surface area contributed by atoms with E-state index in [9.17, 15) is 27.6 Å². The number of rotatable bonds is 4. The van der Waals surface area contributed by atoms with Gasteiger partial charge in [-0.3, -0.25) is 14.3 Å². The maximum absolute atomic E-state index is 14.0. The summed E-state index contributed by atoms with van der Waals surface area (Å²) in [6.07, 6.45) is 6.24. The summed E-state index contributed by atoms with van der Waals surface area (Å²) in [6, 6.07) is 2.98. The normalized spacial score (nSPS) is 27.4. The predicted octanol–water partition coefficient (Wildman–Crippen LogP) is 4.11. The number of benzene rings is 1. The number of nitrogens with two attached hydrogens (primary N) is 1. The van der Waals surface area contributed by atoms with Crippen LogP contribution < -0.4 is 15.8 Å². The number of hydrogen-bond acceptors (Lipinski definition) is 7. The monoisotopic (exact) mass is 637 g/mol. The Morgan fingerprint density at radius 3 is 2.53 bits per heavy atom. The number of nitrogens with one attached hydrogen (secondary N) is 2. The lowest BCUT2D eigenvalue weighted by atomic mass is 10.0. The highest BCUT2D eigenvalue weighted by Gasteiger charge is 2.65. The number of hydrogen-bond donors (Lipinski definition) is 3. The van der Waals surface area contributed by atoms with Crippen molar-refractivity contribution in [2.45, 2.75) is 94.7 Å². The minimum Gasteiger partial charge on any atom is -0.443 e. The molecular weight excluding hydrogens is 598 g/mol. The Kier molecular flexibility index (Phi) is 9.65. The second-order valence-corrected chi connectivity index (χ2v) is 14.6. The molecule has 1 saturated heterocycles. The molecule has 3 aliphatic rings. The molecule has 1 aromatic rings. The summed E-state index contributed by atoms with van der Waals surface area (Å²) >= 11 is 6.22. The fraction of sp³-hybridized carbons (Fsp3) is 0.586. The van der Waals surface area contributed by atoms with E-state index in [1.165, 1.54) is 11.0 Å². The summed E-state index contributed by atoms with van der Waals surface area (Å²) in [5.74, 6) is -1.74. The van der Waals surface area contributed by atoms with Gasteiger partial charge in [0, 0.05) is 12.5 Å². The number of amides is 5. The fourth-order valence-corrected chi connectivity index (χ4v) is 7.66. The number of urea groups is 1. The van der Waals surface area contributed by atoms with Crippen molar-refractivity contribution in [3.8, 4) is 0 Å². The Hall–Kier alpha value is -3.32. The van der Waals surface area contributed by atoms with Gasteiger partial charge >= 0.3 is 12.1 Å². The van der Waals surface area contributed by atoms with Gasteiger partial charge < -0.3 is 20.7 Å². The zero-order valence-corrected chi connectivity index (χ0v) is 26.2. The van der Waals surface area contributed by atoms with Crippen LogP contribution in [0.5, 0.6) is 0 Å². The van der Waals surface area contributed by atoms with Crippen LogP contribution in [0.2, 0.25) is 5.02 Å². The number of sulfonamides is 1. The Morgan fingerprint density at radius 1 is 1.14 bits per heavy atom. The number of para-hydroxylation sites is 1. The molecule has 1 aliphatic carbocycles. The zero-order chi connectivity index (χ0) is 31.6. The van der Waals surface area contributed by atoms with E-state index in [2.05, 4.69) is 10.0 Å². The number of anilines is 1. The van der Waals surface area contributed by atoms with Crippen LogP contribution in [0.15, 0.2) is 36.4 Å². The Labute approximate surface area is 257 Å².